The van der Waals surface area contributed by atoms with Gasteiger partial charge >= 0.3 is 0 Å². The summed E-state index contributed by atoms with van der Waals surface area (Å²) in [5.74, 6) is -1.68. The molecule has 1 fully saturated rings. The Bertz CT molecular complexity index is 884. The van der Waals surface area contributed by atoms with E-state index in [1.807, 2.05) is 0 Å². The number of carbonyl (C=O) groups excluding carboxylic acids is 1. The standard InChI is InChI=1S/C17H17F2NO4S2/c18-15-4-3-14(8-16(15)19)25-10-17(21)20(9-13-2-1-6-24-13)12-5-7-26(22,23)11-12/h1-4,6,8,12H,5,7,9-11H2/t12-/m0/s1. The number of rotatable bonds is 6. The molecule has 1 aliphatic heterocycles. The van der Waals surface area contributed by atoms with Crippen molar-refractivity contribution in [3.05, 3.63) is 54.0 Å². The monoisotopic (exact) mass is 401 g/mol. The van der Waals surface area contributed by atoms with Crippen LogP contribution in [0, 0.1) is 11.6 Å². The summed E-state index contributed by atoms with van der Waals surface area (Å²) in [4.78, 5) is 14.6. The van der Waals surface area contributed by atoms with Gasteiger partial charge in [0.1, 0.15) is 5.76 Å². The molecule has 1 aromatic heterocycles. The lowest BCUT2D eigenvalue weighted by Crippen LogP contribution is -2.41. The summed E-state index contributed by atoms with van der Waals surface area (Å²) < 4.78 is 55.1. The minimum atomic E-state index is -3.15. The highest BCUT2D eigenvalue weighted by molar-refractivity contribution is 8.00. The van der Waals surface area contributed by atoms with Crippen LogP contribution >= 0.6 is 11.8 Å². The Morgan fingerprint density at radius 3 is 2.69 bits per heavy atom. The molecule has 0 saturated carbocycles. The van der Waals surface area contributed by atoms with E-state index in [0.29, 0.717) is 17.1 Å². The first-order valence-electron chi connectivity index (χ1n) is 7.94. The van der Waals surface area contributed by atoms with Gasteiger partial charge < -0.3 is 9.32 Å². The first kappa shape index (κ1) is 18.9. The maximum atomic E-state index is 13.3. The number of amides is 1. The lowest BCUT2D eigenvalue weighted by Gasteiger charge is -2.27. The van der Waals surface area contributed by atoms with Gasteiger partial charge in [0, 0.05) is 10.9 Å². The topological polar surface area (TPSA) is 67.6 Å². The summed E-state index contributed by atoms with van der Waals surface area (Å²) in [6, 6.07) is 6.43. The normalized spacial score (nSPS) is 18.8. The number of sulfone groups is 1. The number of hydrogen-bond donors (Lipinski definition) is 0. The highest BCUT2D eigenvalue weighted by Crippen LogP contribution is 2.24. The molecule has 1 aliphatic rings. The summed E-state index contributed by atoms with van der Waals surface area (Å²) in [5, 5.41) is 0. The lowest BCUT2D eigenvalue weighted by atomic mass is 10.2. The van der Waals surface area contributed by atoms with Crippen LogP contribution in [0.2, 0.25) is 0 Å². The average Bonchev–Trinajstić information content (AvgIpc) is 3.22. The van der Waals surface area contributed by atoms with Crippen molar-refractivity contribution in [2.75, 3.05) is 17.3 Å². The highest BCUT2D eigenvalue weighted by Gasteiger charge is 2.35. The van der Waals surface area contributed by atoms with Crippen LogP contribution in [0.15, 0.2) is 45.9 Å². The molecule has 1 saturated heterocycles. The summed E-state index contributed by atoms with van der Waals surface area (Å²) in [6.45, 7) is 0.171. The van der Waals surface area contributed by atoms with Gasteiger partial charge in [-0.2, -0.15) is 0 Å². The first-order valence-corrected chi connectivity index (χ1v) is 10.7. The van der Waals surface area contributed by atoms with E-state index in [1.54, 1.807) is 12.1 Å². The smallest absolute Gasteiger partial charge is 0.233 e. The Kier molecular flexibility index (Phi) is 5.67. The number of halogens is 2. The number of carbonyl (C=O) groups is 1. The summed E-state index contributed by atoms with van der Waals surface area (Å²) >= 11 is 1.07. The third-order valence-electron chi connectivity index (χ3n) is 4.13. The average molecular weight is 401 g/mol. The van der Waals surface area contributed by atoms with Crippen molar-refractivity contribution in [1.82, 2.24) is 4.90 Å². The summed E-state index contributed by atoms with van der Waals surface area (Å²) in [6.07, 6.45) is 1.87. The Morgan fingerprint density at radius 1 is 1.27 bits per heavy atom. The van der Waals surface area contributed by atoms with Gasteiger partial charge in [-0.15, -0.1) is 11.8 Å². The van der Waals surface area contributed by atoms with Gasteiger partial charge in [-0.3, -0.25) is 4.79 Å². The minimum absolute atomic E-state index is 0.0116. The van der Waals surface area contributed by atoms with Gasteiger partial charge in [0.15, 0.2) is 21.5 Å². The number of nitrogens with zero attached hydrogens (tertiary/aromatic N) is 1. The molecule has 9 heteroatoms. The Morgan fingerprint density at radius 2 is 2.08 bits per heavy atom. The Hall–Kier alpha value is -1.87. The molecule has 3 rings (SSSR count). The third-order valence-corrected chi connectivity index (χ3v) is 6.86. The number of furan rings is 1. The Labute approximate surface area is 154 Å². The van der Waals surface area contributed by atoms with Crippen molar-refractivity contribution < 1.29 is 26.4 Å². The second kappa shape index (κ2) is 7.79. The molecule has 0 radical (unpaired) electrons. The van der Waals surface area contributed by atoms with Crippen molar-refractivity contribution in [2.24, 2.45) is 0 Å². The van der Waals surface area contributed by atoms with Gasteiger partial charge in [-0.25, -0.2) is 17.2 Å². The second-order valence-corrected chi connectivity index (χ2v) is 9.30. The molecule has 140 valence electrons. The number of thioether (sulfide) groups is 1. The fourth-order valence-electron chi connectivity index (χ4n) is 2.81. The molecule has 0 spiro atoms. The fourth-order valence-corrected chi connectivity index (χ4v) is 5.34. The van der Waals surface area contributed by atoms with Gasteiger partial charge in [-0.1, -0.05) is 0 Å². The van der Waals surface area contributed by atoms with Crippen molar-refractivity contribution in [3.63, 3.8) is 0 Å². The van der Waals surface area contributed by atoms with E-state index in [9.17, 15) is 22.0 Å². The predicted octanol–water partition coefficient (Wildman–Crippen LogP) is 2.87. The van der Waals surface area contributed by atoms with Crippen LogP contribution in [0.1, 0.15) is 12.2 Å². The van der Waals surface area contributed by atoms with Gasteiger partial charge in [-0.05, 0) is 36.8 Å². The maximum absolute atomic E-state index is 13.3. The highest BCUT2D eigenvalue weighted by atomic mass is 32.2. The first-order chi connectivity index (χ1) is 12.3. The van der Waals surface area contributed by atoms with Crippen LogP contribution in [0.25, 0.3) is 0 Å². The van der Waals surface area contributed by atoms with E-state index in [2.05, 4.69) is 0 Å². The number of benzene rings is 1. The van der Waals surface area contributed by atoms with Gasteiger partial charge in [0.2, 0.25) is 5.91 Å². The SMILES string of the molecule is O=C(CSc1ccc(F)c(F)c1)N(Cc1ccco1)[C@H]1CCS(=O)(=O)C1. The predicted molar refractivity (Wildman–Crippen MR) is 93.4 cm³/mol. The quantitative estimate of drug-likeness (QED) is 0.697. The van der Waals surface area contributed by atoms with E-state index < -0.39 is 27.5 Å². The van der Waals surface area contributed by atoms with E-state index in [0.717, 1.165) is 23.9 Å². The van der Waals surface area contributed by atoms with Crippen LogP contribution in [-0.4, -0.2) is 42.5 Å². The molecule has 5 nitrogen and oxygen atoms in total. The van der Waals surface area contributed by atoms with E-state index in [1.165, 1.54) is 17.2 Å². The summed E-state index contributed by atoms with van der Waals surface area (Å²) in [7, 11) is -3.15. The molecular formula is C17H17F2NO4S2. The van der Waals surface area contributed by atoms with Gasteiger partial charge in [0.25, 0.3) is 0 Å². The molecule has 1 aromatic carbocycles. The van der Waals surface area contributed by atoms with Crippen molar-refractivity contribution in [3.8, 4) is 0 Å². The molecule has 0 bridgehead atoms. The molecule has 1 atom stereocenters. The molecule has 1 amide bonds. The van der Waals surface area contributed by atoms with Crippen molar-refractivity contribution >= 4 is 27.5 Å². The number of hydrogen-bond acceptors (Lipinski definition) is 5. The van der Waals surface area contributed by atoms with Crippen molar-refractivity contribution in [2.45, 2.75) is 23.9 Å². The molecule has 0 unspecified atom stereocenters. The third kappa shape index (κ3) is 4.64. The fraction of sp³-hybridized carbons (Fsp3) is 0.353. The van der Waals surface area contributed by atoms with E-state index in [-0.39, 0.29) is 29.7 Å². The molecule has 2 aromatic rings. The zero-order valence-corrected chi connectivity index (χ0v) is 15.4. The van der Waals surface area contributed by atoms with E-state index >= 15 is 0 Å². The lowest BCUT2D eigenvalue weighted by molar-refractivity contribution is -0.131. The van der Waals surface area contributed by atoms with Crippen LogP contribution in [0.4, 0.5) is 8.78 Å². The van der Waals surface area contributed by atoms with Crippen molar-refractivity contribution in [1.29, 1.82) is 0 Å². The zero-order chi connectivity index (χ0) is 18.7. The molecular weight excluding hydrogens is 384 g/mol. The van der Waals surface area contributed by atoms with Crippen LogP contribution < -0.4 is 0 Å². The molecule has 2 heterocycles. The van der Waals surface area contributed by atoms with Crippen LogP contribution in [-0.2, 0) is 21.2 Å². The molecule has 0 aliphatic carbocycles. The second-order valence-electron chi connectivity index (χ2n) is 6.02. The van der Waals surface area contributed by atoms with Crippen LogP contribution in [0.5, 0.6) is 0 Å². The zero-order valence-electron chi connectivity index (χ0n) is 13.7. The molecule has 0 N–H and O–H groups in total. The van der Waals surface area contributed by atoms with E-state index in [4.69, 9.17) is 4.42 Å². The molecule has 26 heavy (non-hydrogen) atoms. The summed E-state index contributed by atoms with van der Waals surface area (Å²) in [5.41, 5.74) is 0. The largest absolute Gasteiger partial charge is 0.467 e. The Balaban J connectivity index is 1.70. The maximum Gasteiger partial charge on any atom is 0.233 e. The van der Waals surface area contributed by atoms with Gasteiger partial charge in [0.05, 0.1) is 30.1 Å². The van der Waals surface area contributed by atoms with Crippen LogP contribution in [0.3, 0.4) is 0 Å². The minimum Gasteiger partial charge on any atom is -0.467 e.